The number of aryl methyl sites for hydroxylation is 1. The number of rotatable bonds is 7. The van der Waals surface area contributed by atoms with Crippen LogP contribution in [0.2, 0.25) is 0 Å². The number of aromatic nitrogens is 3. The first-order valence-electron chi connectivity index (χ1n) is 12.4. The average molecular weight is 552 g/mol. The van der Waals surface area contributed by atoms with Crippen LogP contribution in [-0.2, 0) is 30.4 Å². The average Bonchev–Trinajstić information content (AvgIpc) is 3.46. The van der Waals surface area contributed by atoms with Crippen LogP contribution < -0.4 is 15.4 Å². The van der Waals surface area contributed by atoms with E-state index in [2.05, 4.69) is 20.5 Å². The van der Waals surface area contributed by atoms with E-state index in [1.54, 1.807) is 30.7 Å². The Morgan fingerprint density at radius 3 is 2.65 bits per heavy atom. The van der Waals surface area contributed by atoms with Crippen molar-refractivity contribution >= 4 is 17.7 Å². The summed E-state index contributed by atoms with van der Waals surface area (Å²) in [5.41, 5.74) is 2.56. The first-order valence-corrected chi connectivity index (χ1v) is 12.4. The lowest BCUT2D eigenvalue weighted by molar-refractivity contribution is -0.137. The molecule has 1 aliphatic rings. The third-order valence-electron chi connectivity index (χ3n) is 6.57. The molecule has 4 N–H and O–H groups in total. The van der Waals surface area contributed by atoms with E-state index in [9.17, 15) is 22.8 Å². The molecule has 0 saturated heterocycles. The summed E-state index contributed by atoms with van der Waals surface area (Å²) in [5, 5.41) is 20.1. The van der Waals surface area contributed by atoms with E-state index in [-0.39, 0.29) is 17.8 Å². The minimum absolute atomic E-state index is 0.0454. The van der Waals surface area contributed by atoms with E-state index in [0.717, 1.165) is 28.8 Å². The molecule has 0 radical (unpaired) electrons. The van der Waals surface area contributed by atoms with Gasteiger partial charge >= 0.3 is 12.3 Å². The molecule has 9 nitrogen and oxygen atoms in total. The van der Waals surface area contributed by atoms with E-state index >= 15 is 0 Å². The third kappa shape index (κ3) is 6.40. The van der Waals surface area contributed by atoms with Crippen LogP contribution >= 0.6 is 0 Å². The van der Waals surface area contributed by atoms with Crippen molar-refractivity contribution in [1.82, 2.24) is 20.5 Å². The molecule has 0 fully saturated rings. The normalized spacial score (nSPS) is 14.7. The Kier molecular flexibility index (Phi) is 7.41. The van der Waals surface area contributed by atoms with Crippen molar-refractivity contribution in [3.63, 3.8) is 0 Å². The van der Waals surface area contributed by atoms with E-state index in [1.165, 1.54) is 6.07 Å². The summed E-state index contributed by atoms with van der Waals surface area (Å²) in [7, 11) is 0. The number of hydrogen-bond donors (Lipinski definition) is 4. The van der Waals surface area contributed by atoms with Gasteiger partial charge in [0.15, 0.2) is 0 Å². The van der Waals surface area contributed by atoms with Gasteiger partial charge in [-0.2, -0.15) is 18.3 Å². The fourth-order valence-corrected chi connectivity index (χ4v) is 4.63. The monoisotopic (exact) mass is 551 g/mol. The number of alkyl halides is 3. The Hall–Kier alpha value is -4.87. The van der Waals surface area contributed by atoms with Crippen molar-refractivity contribution in [3.8, 4) is 22.8 Å². The van der Waals surface area contributed by atoms with E-state index in [4.69, 9.17) is 9.84 Å². The number of nitrogens with zero attached hydrogens (tertiary/aromatic N) is 2. The Labute approximate surface area is 226 Å². The third-order valence-corrected chi connectivity index (χ3v) is 6.57. The number of carbonyl (C=O) groups is 2. The lowest BCUT2D eigenvalue weighted by Gasteiger charge is -2.25. The van der Waals surface area contributed by atoms with E-state index < -0.39 is 29.7 Å². The molecule has 2 aromatic carbocycles. The number of ether oxygens (including phenoxy) is 1. The smallest absolute Gasteiger partial charge is 0.416 e. The molecule has 1 atom stereocenters. The maximum absolute atomic E-state index is 13.4. The molecule has 5 rings (SSSR count). The van der Waals surface area contributed by atoms with Crippen molar-refractivity contribution in [3.05, 3.63) is 89.4 Å². The number of carboxylic acid groups (broad SMARTS) is 1. The summed E-state index contributed by atoms with van der Waals surface area (Å²) in [4.78, 5) is 28.2. The van der Waals surface area contributed by atoms with Gasteiger partial charge in [-0.1, -0.05) is 6.07 Å². The standard InChI is InChI=1S/C28H24F3N5O4/c29-28(30,31)21-7-16(13-33-27(38)39)8-22(11-21)36-26(37)18-2-1-17-3-4-23(10-19(17)9-18)40-24-5-6-32-25(12-24)20-14-34-35-15-20/h3-8,10-12,14-15,18,33H,1-2,9,13H2,(H,34,35)(H,36,37)(H,38,39). The summed E-state index contributed by atoms with van der Waals surface area (Å²) in [6.45, 7) is -0.331. The highest BCUT2D eigenvalue weighted by molar-refractivity contribution is 5.93. The van der Waals surface area contributed by atoms with Gasteiger partial charge in [0.05, 0.1) is 17.5 Å². The van der Waals surface area contributed by atoms with Crippen LogP contribution in [0.3, 0.4) is 0 Å². The maximum Gasteiger partial charge on any atom is 0.416 e. The molecular formula is C28H24F3N5O4. The fourth-order valence-electron chi connectivity index (χ4n) is 4.63. The second kappa shape index (κ2) is 11.1. The summed E-state index contributed by atoms with van der Waals surface area (Å²) in [6.07, 6.45) is 0.539. The minimum Gasteiger partial charge on any atom is -0.465 e. The van der Waals surface area contributed by atoms with Gasteiger partial charge in [0, 0.05) is 42.2 Å². The predicted molar refractivity (Wildman–Crippen MR) is 139 cm³/mol. The van der Waals surface area contributed by atoms with Crippen LogP contribution in [0.25, 0.3) is 11.3 Å². The number of halogens is 3. The number of carbonyl (C=O) groups excluding carboxylic acids is 1. The molecule has 4 aromatic rings. The Morgan fingerprint density at radius 2 is 1.90 bits per heavy atom. The molecule has 0 bridgehead atoms. The Bertz CT molecular complexity index is 1540. The van der Waals surface area contributed by atoms with Crippen molar-refractivity contribution in [1.29, 1.82) is 0 Å². The van der Waals surface area contributed by atoms with Gasteiger partial charge < -0.3 is 20.5 Å². The topological polar surface area (TPSA) is 129 Å². The van der Waals surface area contributed by atoms with E-state index in [0.29, 0.717) is 36.5 Å². The molecule has 206 valence electrons. The lowest BCUT2D eigenvalue weighted by Crippen LogP contribution is -2.28. The van der Waals surface area contributed by atoms with Crippen LogP contribution in [0, 0.1) is 5.92 Å². The molecule has 2 amide bonds. The molecule has 0 aliphatic heterocycles. The number of amides is 2. The van der Waals surface area contributed by atoms with Crippen molar-refractivity contribution in [2.45, 2.75) is 32.0 Å². The lowest BCUT2D eigenvalue weighted by atomic mass is 9.83. The summed E-state index contributed by atoms with van der Waals surface area (Å²) < 4.78 is 46.3. The molecule has 0 spiro atoms. The zero-order valence-corrected chi connectivity index (χ0v) is 21.0. The number of anilines is 1. The quantitative estimate of drug-likeness (QED) is 0.230. The molecule has 12 heteroatoms. The first kappa shape index (κ1) is 26.7. The second-order valence-corrected chi connectivity index (χ2v) is 9.40. The Morgan fingerprint density at radius 1 is 1.07 bits per heavy atom. The highest BCUT2D eigenvalue weighted by Crippen LogP contribution is 2.34. The fraction of sp³-hybridized carbons (Fsp3) is 0.214. The van der Waals surface area contributed by atoms with Crippen LogP contribution in [0.1, 0.15) is 28.7 Å². The van der Waals surface area contributed by atoms with Crippen molar-refractivity contribution < 1.29 is 32.6 Å². The number of nitrogens with one attached hydrogen (secondary N) is 3. The molecule has 2 heterocycles. The molecule has 1 aliphatic carbocycles. The first-order chi connectivity index (χ1) is 19.1. The van der Waals surface area contributed by atoms with Crippen LogP contribution in [0.5, 0.6) is 11.5 Å². The second-order valence-electron chi connectivity index (χ2n) is 9.40. The number of aromatic amines is 1. The van der Waals surface area contributed by atoms with Crippen molar-refractivity contribution in [2.24, 2.45) is 5.92 Å². The molecule has 1 unspecified atom stereocenters. The summed E-state index contributed by atoms with van der Waals surface area (Å²) in [6, 6.07) is 12.2. The van der Waals surface area contributed by atoms with Crippen LogP contribution in [0.15, 0.2) is 67.1 Å². The number of benzene rings is 2. The number of H-pyrrole nitrogens is 1. The van der Waals surface area contributed by atoms with Crippen molar-refractivity contribution in [2.75, 3.05) is 5.32 Å². The Balaban J connectivity index is 1.29. The van der Waals surface area contributed by atoms with Gasteiger partial charge in [-0.05, 0) is 72.4 Å². The highest BCUT2D eigenvalue weighted by Gasteiger charge is 2.32. The molecule has 2 aromatic heterocycles. The van der Waals surface area contributed by atoms with Gasteiger partial charge in [0.2, 0.25) is 5.91 Å². The SMILES string of the molecule is O=C(O)NCc1cc(NC(=O)C2CCc3ccc(Oc4ccnc(-c5cn[nH]c5)c4)cc3C2)cc(C(F)(F)F)c1. The summed E-state index contributed by atoms with van der Waals surface area (Å²) in [5.74, 6) is 0.283. The minimum atomic E-state index is -4.66. The maximum atomic E-state index is 13.4. The number of fused-ring (bicyclic) bond motifs is 1. The number of hydrogen-bond acceptors (Lipinski definition) is 5. The largest absolute Gasteiger partial charge is 0.465 e. The van der Waals surface area contributed by atoms with Gasteiger partial charge in [-0.3, -0.25) is 14.9 Å². The van der Waals surface area contributed by atoms with Gasteiger partial charge in [0.25, 0.3) is 0 Å². The van der Waals surface area contributed by atoms with E-state index in [1.807, 2.05) is 23.5 Å². The number of pyridine rings is 1. The van der Waals surface area contributed by atoms with Crippen LogP contribution in [0.4, 0.5) is 23.7 Å². The molecular weight excluding hydrogens is 527 g/mol. The van der Waals surface area contributed by atoms with Crippen LogP contribution in [-0.4, -0.2) is 32.3 Å². The zero-order valence-electron chi connectivity index (χ0n) is 21.0. The molecule has 0 saturated carbocycles. The van der Waals surface area contributed by atoms with Gasteiger partial charge in [-0.25, -0.2) is 4.79 Å². The summed E-state index contributed by atoms with van der Waals surface area (Å²) >= 11 is 0. The highest BCUT2D eigenvalue weighted by atomic mass is 19.4. The molecule has 40 heavy (non-hydrogen) atoms. The van der Waals surface area contributed by atoms with Gasteiger partial charge in [-0.15, -0.1) is 0 Å². The van der Waals surface area contributed by atoms with Gasteiger partial charge in [0.1, 0.15) is 11.5 Å². The zero-order chi connectivity index (χ0) is 28.3. The predicted octanol–water partition coefficient (Wildman–Crippen LogP) is 5.79.